The molecular formula is C20H26N2O4. The Morgan fingerprint density at radius 3 is 2.31 bits per heavy atom. The zero-order valence-electron chi connectivity index (χ0n) is 16.1. The number of aromatic nitrogens is 1. The Bertz CT molecular complexity index is 806. The Morgan fingerprint density at radius 2 is 1.69 bits per heavy atom. The summed E-state index contributed by atoms with van der Waals surface area (Å²) in [5, 5.41) is 2.85. The van der Waals surface area contributed by atoms with Crippen molar-refractivity contribution >= 4 is 17.6 Å². The number of rotatable bonds is 6. The van der Waals surface area contributed by atoms with Crippen molar-refractivity contribution in [3.8, 4) is 5.75 Å². The summed E-state index contributed by atoms with van der Waals surface area (Å²) < 4.78 is 11.0. The second-order valence-electron chi connectivity index (χ2n) is 6.70. The highest BCUT2D eigenvalue weighted by Crippen LogP contribution is 2.26. The first-order valence-electron chi connectivity index (χ1n) is 8.67. The number of ether oxygens (including phenoxy) is 2. The maximum atomic E-state index is 12.7. The summed E-state index contributed by atoms with van der Waals surface area (Å²) in [6.45, 7) is 10.9. The Kier molecular flexibility index (Phi) is 6.08. The van der Waals surface area contributed by atoms with E-state index in [0.717, 1.165) is 0 Å². The van der Waals surface area contributed by atoms with Crippen LogP contribution >= 0.6 is 0 Å². The third-order valence-electron chi connectivity index (χ3n) is 3.71. The third kappa shape index (κ3) is 4.45. The van der Waals surface area contributed by atoms with Crippen LogP contribution in [0.1, 0.15) is 59.8 Å². The molecule has 2 N–H and O–H groups in total. The van der Waals surface area contributed by atoms with Gasteiger partial charge in [-0.25, -0.2) is 4.79 Å². The van der Waals surface area contributed by atoms with Crippen LogP contribution in [0.4, 0.5) is 5.69 Å². The summed E-state index contributed by atoms with van der Waals surface area (Å²) >= 11 is 0. The van der Waals surface area contributed by atoms with Crippen LogP contribution < -0.4 is 10.1 Å². The Hall–Kier alpha value is -2.76. The van der Waals surface area contributed by atoms with E-state index in [9.17, 15) is 9.59 Å². The molecule has 26 heavy (non-hydrogen) atoms. The van der Waals surface area contributed by atoms with Gasteiger partial charge in [-0.05, 0) is 59.2 Å². The minimum atomic E-state index is -0.436. The summed E-state index contributed by atoms with van der Waals surface area (Å²) in [4.78, 5) is 28.0. The van der Waals surface area contributed by atoms with Crippen LogP contribution in [-0.2, 0) is 4.74 Å². The fraction of sp³-hybridized carbons (Fsp3) is 0.400. The van der Waals surface area contributed by atoms with Gasteiger partial charge in [0.1, 0.15) is 11.4 Å². The van der Waals surface area contributed by atoms with Crippen LogP contribution in [0.2, 0.25) is 0 Å². The van der Waals surface area contributed by atoms with Gasteiger partial charge in [0, 0.05) is 5.69 Å². The molecule has 1 heterocycles. The molecule has 6 nitrogen and oxygen atoms in total. The number of aryl methyl sites for hydroxylation is 1. The van der Waals surface area contributed by atoms with Crippen molar-refractivity contribution in [2.75, 3.05) is 5.32 Å². The number of carbonyl (C=O) groups excluding carboxylic acids is 2. The SMILES string of the molecule is Cc1[nH]c(C(=O)Nc2ccccc2OC(C)C)c(C)c1C(=O)OC(C)C. The predicted octanol–water partition coefficient (Wildman–Crippen LogP) is 4.24. The molecular weight excluding hydrogens is 332 g/mol. The standard InChI is InChI=1S/C20H26N2O4/c1-11(2)25-16-10-8-7-9-15(16)22-19(23)18-13(5)17(14(6)21-18)20(24)26-12(3)4/h7-12,21H,1-6H3,(H,22,23). The number of para-hydroxylation sites is 2. The monoisotopic (exact) mass is 358 g/mol. The van der Waals surface area contributed by atoms with Crippen molar-refractivity contribution in [3.05, 3.63) is 46.8 Å². The van der Waals surface area contributed by atoms with Crippen LogP contribution in [0, 0.1) is 13.8 Å². The second kappa shape index (κ2) is 8.08. The summed E-state index contributed by atoms with van der Waals surface area (Å²) in [5.74, 6) is -0.181. The van der Waals surface area contributed by atoms with E-state index < -0.39 is 5.97 Å². The molecule has 0 unspecified atom stereocenters. The number of amides is 1. The van der Waals surface area contributed by atoms with Crippen molar-refractivity contribution < 1.29 is 19.1 Å². The summed E-state index contributed by atoms with van der Waals surface area (Å²) in [6.07, 6.45) is -0.242. The lowest BCUT2D eigenvalue weighted by Gasteiger charge is -2.14. The van der Waals surface area contributed by atoms with Crippen molar-refractivity contribution in [1.29, 1.82) is 0 Å². The minimum Gasteiger partial charge on any atom is -0.489 e. The molecule has 0 fully saturated rings. The maximum absolute atomic E-state index is 12.7. The molecule has 1 aromatic carbocycles. The van der Waals surface area contributed by atoms with Gasteiger partial charge in [0.25, 0.3) is 5.91 Å². The van der Waals surface area contributed by atoms with E-state index in [2.05, 4.69) is 10.3 Å². The molecule has 1 amide bonds. The van der Waals surface area contributed by atoms with Gasteiger partial charge in [0.2, 0.25) is 0 Å². The number of esters is 1. The lowest BCUT2D eigenvalue weighted by atomic mass is 10.1. The molecule has 0 spiro atoms. The fourth-order valence-electron chi connectivity index (χ4n) is 2.67. The van der Waals surface area contributed by atoms with Crippen molar-refractivity contribution in [2.24, 2.45) is 0 Å². The minimum absolute atomic E-state index is 0.0140. The zero-order valence-corrected chi connectivity index (χ0v) is 16.1. The van der Waals surface area contributed by atoms with Crippen molar-refractivity contribution in [1.82, 2.24) is 4.98 Å². The van der Waals surface area contributed by atoms with E-state index in [1.807, 2.05) is 26.0 Å². The Balaban J connectivity index is 2.28. The Labute approximate surface area is 153 Å². The molecule has 0 aliphatic carbocycles. The zero-order chi connectivity index (χ0) is 19.4. The molecule has 0 saturated heterocycles. The normalized spacial score (nSPS) is 10.9. The average molecular weight is 358 g/mol. The van der Waals surface area contributed by atoms with E-state index in [1.54, 1.807) is 39.8 Å². The van der Waals surface area contributed by atoms with Gasteiger partial charge in [-0.1, -0.05) is 12.1 Å². The van der Waals surface area contributed by atoms with Crippen molar-refractivity contribution in [3.63, 3.8) is 0 Å². The maximum Gasteiger partial charge on any atom is 0.340 e. The van der Waals surface area contributed by atoms with Gasteiger partial charge >= 0.3 is 5.97 Å². The molecule has 2 rings (SSSR count). The van der Waals surface area contributed by atoms with Crippen LogP contribution in [0.5, 0.6) is 5.75 Å². The number of benzene rings is 1. The van der Waals surface area contributed by atoms with Crippen LogP contribution in [0.15, 0.2) is 24.3 Å². The Morgan fingerprint density at radius 1 is 1.04 bits per heavy atom. The first-order valence-corrected chi connectivity index (χ1v) is 8.67. The molecule has 2 aromatic rings. The number of H-pyrrole nitrogens is 1. The number of aromatic amines is 1. The lowest BCUT2D eigenvalue weighted by Crippen LogP contribution is -2.16. The van der Waals surface area contributed by atoms with Gasteiger partial charge in [-0.15, -0.1) is 0 Å². The van der Waals surface area contributed by atoms with Gasteiger partial charge in [0.15, 0.2) is 0 Å². The molecule has 0 aliphatic rings. The highest BCUT2D eigenvalue weighted by Gasteiger charge is 2.24. The first kappa shape index (κ1) is 19.6. The van der Waals surface area contributed by atoms with E-state index in [4.69, 9.17) is 9.47 Å². The average Bonchev–Trinajstić information content (AvgIpc) is 2.83. The number of anilines is 1. The quantitative estimate of drug-likeness (QED) is 0.757. The molecule has 0 radical (unpaired) electrons. The number of hydrogen-bond acceptors (Lipinski definition) is 4. The number of nitrogens with one attached hydrogen (secondary N) is 2. The molecule has 0 saturated carbocycles. The molecule has 0 atom stereocenters. The fourth-order valence-corrected chi connectivity index (χ4v) is 2.67. The summed E-state index contributed by atoms with van der Waals surface area (Å²) in [7, 11) is 0. The van der Waals surface area contributed by atoms with Gasteiger partial charge in [0.05, 0.1) is 23.5 Å². The smallest absolute Gasteiger partial charge is 0.340 e. The molecule has 6 heteroatoms. The van der Waals surface area contributed by atoms with E-state index in [-0.39, 0.29) is 18.1 Å². The molecule has 0 aliphatic heterocycles. The van der Waals surface area contributed by atoms with Gasteiger partial charge in [-0.3, -0.25) is 4.79 Å². The third-order valence-corrected chi connectivity index (χ3v) is 3.71. The highest BCUT2D eigenvalue weighted by atomic mass is 16.5. The topological polar surface area (TPSA) is 80.4 Å². The van der Waals surface area contributed by atoms with Crippen LogP contribution in [0.25, 0.3) is 0 Å². The lowest BCUT2D eigenvalue weighted by molar-refractivity contribution is 0.0376. The van der Waals surface area contributed by atoms with Crippen molar-refractivity contribution in [2.45, 2.75) is 53.8 Å². The van der Waals surface area contributed by atoms with Crippen LogP contribution in [-0.4, -0.2) is 29.1 Å². The number of hydrogen-bond donors (Lipinski definition) is 2. The first-order chi connectivity index (χ1) is 12.2. The predicted molar refractivity (Wildman–Crippen MR) is 101 cm³/mol. The molecule has 140 valence electrons. The molecule has 0 bridgehead atoms. The van der Waals surface area contributed by atoms with E-state index in [0.29, 0.717) is 34.0 Å². The molecule has 1 aromatic heterocycles. The summed E-state index contributed by atoms with van der Waals surface area (Å²) in [6, 6.07) is 7.24. The van der Waals surface area contributed by atoms with E-state index >= 15 is 0 Å². The largest absolute Gasteiger partial charge is 0.489 e. The second-order valence-corrected chi connectivity index (χ2v) is 6.70. The number of carbonyl (C=O) groups is 2. The van der Waals surface area contributed by atoms with Gasteiger partial charge < -0.3 is 19.8 Å². The highest BCUT2D eigenvalue weighted by molar-refractivity contribution is 6.07. The van der Waals surface area contributed by atoms with Gasteiger partial charge in [-0.2, -0.15) is 0 Å². The summed E-state index contributed by atoms with van der Waals surface area (Å²) in [5.41, 5.74) is 2.47. The van der Waals surface area contributed by atoms with E-state index in [1.165, 1.54) is 0 Å². The van der Waals surface area contributed by atoms with Crippen LogP contribution in [0.3, 0.4) is 0 Å².